The minimum atomic E-state index is -0.0890. The minimum absolute atomic E-state index is 0.0890. The van der Waals surface area contributed by atoms with Gasteiger partial charge in [-0.25, -0.2) is 4.79 Å². The van der Waals surface area contributed by atoms with Crippen molar-refractivity contribution in [2.75, 3.05) is 7.05 Å². The van der Waals surface area contributed by atoms with Crippen LogP contribution in [0.2, 0.25) is 0 Å². The van der Waals surface area contributed by atoms with Gasteiger partial charge in [0.15, 0.2) is 0 Å². The fourth-order valence-electron chi connectivity index (χ4n) is 8.27. The van der Waals surface area contributed by atoms with Crippen LogP contribution in [0.25, 0.3) is 0 Å². The molecule has 0 aliphatic rings. The molecule has 0 atom stereocenters. The quantitative estimate of drug-likeness (QED) is 0.0391. The molecule has 0 aromatic heterocycles. The highest BCUT2D eigenvalue weighted by Crippen LogP contribution is 2.26. The van der Waals surface area contributed by atoms with Crippen molar-refractivity contribution >= 4 is 5.97 Å². The predicted molar refractivity (Wildman–Crippen MR) is 236 cm³/mol. The van der Waals surface area contributed by atoms with Crippen LogP contribution in [0.3, 0.4) is 0 Å². The summed E-state index contributed by atoms with van der Waals surface area (Å²) in [6.07, 6.45) is 42.3. The van der Waals surface area contributed by atoms with Crippen LogP contribution in [-0.2, 0) is 35.6 Å². The van der Waals surface area contributed by atoms with Crippen molar-refractivity contribution in [3.63, 3.8) is 0 Å². The van der Waals surface area contributed by atoms with Crippen LogP contribution in [0.4, 0.5) is 0 Å². The first-order chi connectivity index (χ1) is 26.5. The number of unbranched alkanes of at least 4 members (excludes halogenated alkanes) is 26. The topological polar surface area (TPSA) is 26.3 Å². The van der Waals surface area contributed by atoms with E-state index in [9.17, 15) is 4.79 Å². The van der Waals surface area contributed by atoms with Gasteiger partial charge in [-0.05, 0) is 43.2 Å². The number of carbonyl (C=O) groups excluding carboxylic acids is 1. The molecule has 0 amide bonds. The second-order valence-electron chi connectivity index (χ2n) is 17.1. The fourth-order valence-corrected chi connectivity index (χ4v) is 8.27. The second kappa shape index (κ2) is 33.1. The van der Waals surface area contributed by atoms with E-state index >= 15 is 0 Å². The third-order valence-electron chi connectivity index (χ3n) is 11.6. The fraction of sp³-hybridized carbons (Fsp3) is 0.745. The maximum absolute atomic E-state index is 13.0. The highest BCUT2D eigenvalue weighted by atomic mass is 16.7. The minimum Gasteiger partial charge on any atom is -0.276 e. The Labute approximate surface area is 336 Å². The van der Waals surface area contributed by atoms with Crippen LogP contribution in [-0.4, -0.2) is 17.7 Å². The monoisotopic (exact) mass is 747 g/mol. The van der Waals surface area contributed by atoms with Crippen molar-refractivity contribution in [1.82, 2.24) is 0 Å². The van der Waals surface area contributed by atoms with Crippen molar-refractivity contribution in [2.24, 2.45) is 0 Å². The van der Waals surface area contributed by atoms with Crippen LogP contribution in [0.1, 0.15) is 236 Å². The number of rotatable bonds is 37. The van der Waals surface area contributed by atoms with Crippen molar-refractivity contribution in [1.29, 1.82) is 0 Å². The first kappa shape index (κ1) is 48.0. The highest BCUT2D eigenvalue weighted by Gasteiger charge is 2.30. The Hall–Kier alpha value is -2.13. The molecule has 0 N–H and O–H groups in total. The molecule has 2 aromatic carbocycles. The van der Waals surface area contributed by atoms with Crippen LogP contribution in [0, 0.1) is 0 Å². The standard InChI is InChI=1S/C51H88NO2/c1-5-8-10-12-14-16-18-20-22-24-26-28-30-32-39-47-41-34-36-43-49(47)45-52(4,54-51(53)38-7-3)46-50-44-37-35-42-48(50)40-33-31-29-27-25-23-21-19-17-15-13-11-9-6-2/h34-37,41-44H,5-33,38-40,45-46H2,1-4H3/q+1. The number of nitrogens with zero attached hydrogens (tertiary/aromatic N) is 1. The average molecular weight is 747 g/mol. The number of aryl methyl sites for hydroxylation is 2. The zero-order valence-corrected chi connectivity index (χ0v) is 36.4. The lowest BCUT2D eigenvalue weighted by Gasteiger charge is -2.32. The number of benzene rings is 2. The molecule has 2 aromatic rings. The molecule has 3 nitrogen and oxygen atoms in total. The molecular formula is C51H88NO2+. The Kier molecular flexibility index (Phi) is 29.4. The maximum atomic E-state index is 13.0. The normalized spacial score (nSPS) is 11.7. The van der Waals surface area contributed by atoms with Crippen molar-refractivity contribution in [3.05, 3.63) is 70.8 Å². The van der Waals surface area contributed by atoms with Gasteiger partial charge < -0.3 is 0 Å². The summed E-state index contributed by atoms with van der Waals surface area (Å²) < 4.78 is 0.268. The number of hydroxylamine groups is 3. The van der Waals surface area contributed by atoms with Gasteiger partial charge in [0, 0.05) is 11.1 Å². The third-order valence-corrected chi connectivity index (χ3v) is 11.6. The summed E-state index contributed by atoms with van der Waals surface area (Å²) in [5, 5.41) is 0. The number of hydrogen-bond acceptors (Lipinski definition) is 2. The van der Waals surface area contributed by atoms with Gasteiger partial charge in [0.2, 0.25) is 0 Å². The molecule has 0 saturated carbocycles. The lowest BCUT2D eigenvalue weighted by molar-refractivity contribution is -1.10. The van der Waals surface area contributed by atoms with Gasteiger partial charge in [0.25, 0.3) is 0 Å². The Morgan fingerprint density at radius 3 is 0.981 bits per heavy atom. The summed E-state index contributed by atoms with van der Waals surface area (Å²) >= 11 is 0. The van der Waals surface area contributed by atoms with E-state index in [0.29, 0.717) is 19.5 Å². The number of quaternary nitrogens is 1. The molecule has 0 fully saturated rings. The molecule has 3 heteroatoms. The van der Waals surface area contributed by atoms with Crippen LogP contribution < -0.4 is 0 Å². The summed E-state index contributed by atoms with van der Waals surface area (Å²) in [7, 11) is 2.13. The predicted octanol–water partition coefficient (Wildman–Crippen LogP) is 16.1. The number of carbonyl (C=O) groups is 1. The van der Waals surface area contributed by atoms with E-state index in [1.165, 1.54) is 202 Å². The smallest absolute Gasteiger partial charge is 0.276 e. The van der Waals surface area contributed by atoms with Crippen LogP contribution >= 0.6 is 0 Å². The van der Waals surface area contributed by atoms with Crippen LogP contribution in [0.15, 0.2) is 48.5 Å². The first-order valence-electron chi connectivity index (χ1n) is 23.7. The maximum Gasteiger partial charge on any atom is 0.366 e. The van der Waals surface area contributed by atoms with E-state index in [4.69, 9.17) is 4.84 Å². The summed E-state index contributed by atoms with van der Waals surface area (Å²) in [5.74, 6) is -0.0890. The number of hydrogen-bond donors (Lipinski definition) is 0. The summed E-state index contributed by atoms with van der Waals surface area (Å²) in [6.45, 7) is 8.07. The SMILES string of the molecule is CCCCCCCCCCCCCCCCc1ccccc1C[N+](C)(Cc1ccccc1CCCCCCCCCCCCCCCC)OC(=O)CCC. The summed E-state index contributed by atoms with van der Waals surface area (Å²) in [4.78, 5) is 19.4. The zero-order chi connectivity index (χ0) is 38.8. The zero-order valence-electron chi connectivity index (χ0n) is 36.4. The van der Waals surface area contributed by atoms with E-state index in [2.05, 4.69) is 76.3 Å². The molecule has 2 rings (SSSR count). The summed E-state index contributed by atoms with van der Waals surface area (Å²) in [5.41, 5.74) is 5.48. The average Bonchev–Trinajstić information content (AvgIpc) is 3.16. The van der Waals surface area contributed by atoms with Gasteiger partial charge >= 0.3 is 5.97 Å². The Bertz CT molecular complexity index is 1080. The molecular weight excluding hydrogens is 659 g/mol. The molecule has 0 spiro atoms. The molecule has 308 valence electrons. The van der Waals surface area contributed by atoms with E-state index in [1.54, 1.807) is 0 Å². The molecule has 0 aliphatic heterocycles. The van der Waals surface area contributed by atoms with E-state index < -0.39 is 0 Å². The molecule has 0 bridgehead atoms. The van der Waals surface area contributed by atoms with Crippen LogP contribution in [0.5, 0.6) is 0 Å². The molecule has 0 saturated heterocycles. The Balaban J connectivity index is 1.79. The van der Waals surface area contributed by atoms with Gasteiger partial charge in [-0.3, -0.25) is 4.84 Å². The Morgan fingerprint density at radius 2 is 0.685 bits per heavy atom. The van der Waals surface area contributed by atoms with Gasteiger partial charge in [-0.15, -0.1) is 4.65 Å². The molecule has 0 heterocycles. The molecule has 0 unspecified atom stereocenters. The van der Waals surface area contributed by atoms with E-state index in [0.717, 1.165) is 19.3 Å². The largest absolute Gasteiger partial charge is 0.366 e. The van der Waals surface area contributed by atoms with Gasteiger partial charge in [0.1, 0.15) is 20.1 Å². The first-order valence-corrected chi connectivity index (χ1v) is 23.7. The molecule has 0 radical (unpaired) electrons. The van der Waals surface area contributed by atoms with Crippen molar-refractivity contribution in [3.8, 4) is 0 Å². The van der Waals surface area contributed by atoms with Gasteiger partial charge in [-0.1, -0.05) is 236 Å². The Morgan fingerprint density at radius 1 is 0.407 bits per heavy atom. The molecule has 0 aliphatic carbocycles. The van der Waals surface area contributed by atoms with Crippen molar-refractivity contribution in [2.45, 2.75) is 239 Å². The van der Waals surface area contributed by atoms with Gasteiger partial charge in [0.05, 0.1) is 6.42 Å². The van der Waals surface area contributed by atoms with E-state index in [1.807, 2.05) is 0 Å². The highest BCUT2D eigenvalue weighted by molar-refractivity contribution is 5.68. The third kappa shape index (κ3) is 24.4. The van der Waals surface area contributed by atoms with E-state index in [-0.39, 0.29) is 10.6 Å². The lowest BCUT2D eigenvalue weighted by Crippen LogP contribution is -2.44. The van der Waals surface area contributed by atoms with Crippen molar-refractivity contribution < 1.29 is 14.3 Å². The molecule has 54 heavy (non-hydrogen) atoms. The summed E-state index contributed by atoms with van der Waals surface area (Å²) in [6, 6.07) is 17.8. The lowest BCUT2D eigenvalue weighted by atomic mass is 9.98. The second-order valence-corrected chi connectivity index (χ2v) is 17.1. The van der Waals surface area contributed by atoms with Gasteiger partial charge in [-0.2, -0.15) is 0 Å².